The zero-order valence-electron chi connectivity index (χ0n) is 17.2. The monoisotopic (exact) mass is 458 g/mol. The minimum atomic E-state index is -3.74. The van der Waals surface area contributed by atoms with Gasteiger partial charge in [0.15, 0.2) is 0 Å². The SMILES string of the molecule is COc1ccc(N(CC(=O)NC(c2ccccc2)c2ccccc2)S(C)(=O)=O)cc1Cl. The van der Waals surface area contributed by atoms with Crippen molar-refractivity contribution in [3.63, 3.8) is 0 Å². The van der Waals surface area contributed by atoms with Crippen LogP contribution in [-0.2, 0) is 14.8 Å². The van der Waals surface area contributed by atoms with Crippen molar-refractivity contribution in [3.05, 3.63) is 95.0 Å². The third-order valence-electron chi connectivity index (χ3n) is 4.68. The molecule has 1 amide bonds. The third-order valence-corrected chi connectivity index (χ3v) is 6.12. The van der Waals surface area contributed by atoms with Crippen LogP contribution in [0.15, 0.2) is 78.9 Å². The lowest BCUT2D eigenvalue weighted by atomic mass is 9.99. The molecule has 0 heterocycles. The van der Waals surface area contributed by atoms with Gasteiger partial charge in [-0.25, -0.2) is 8.42 Å². The summed E-state index contributed by atoms with van der Waals surface area (Å²) < 4.78 is 31.0. The molecule has 162 valence electrons. The van der Waals surface area contributed by atoms with Crippen LogP contribution in [0.3, 0.4) is 0 Å². The van der Waals surface area contributed by atoms with Crippen LogP contribution in [0.25, 0.3) is 0 Å². The molecule has 0 aromatic heterocycles. The molecule has 3 aromatic carbocycles. The van der Waals surface area contributed by atoms with Crippen molar-refractivity contribution in [1.29, 1.82) is 0 Å². The van der Waals surface area contributed by atoms with Crippen LogP contribution in [0.1, 0.15) is 17.2 Å². The van der Waals surface area contributed by atoms with Gasteiger partial charge in [-0.05, 0) is 29.3 Å². The van der Waals surface area contributed by atoms with Gasteiger partial charge >= 0.3 is 0 Å². The summed E-state index contributed by atoms with van der Waals surface area (Å²) in [6.07, 6.45) is 1.05. The molecule has 0 saturated heterocycles. The number of carbonyl (C=O) groups is 1. The van der Waals surface area contributed by atoms with E-state index in [1.807, 2.05) is 60.7 Å². The molecule has 0 fully saturated rings. The van der Waals surface area contributed by atoms with E-state index in [0.717, 1.165) is 21.7 Å². The number of amides is 1. The lowest BCUT2D eigenvalue weighted by Crippen LogP contribution is -2.41. The van der Waals surface area contributed by atoms with Gasteiger partial charge in [0.2, 0.25) is 15.9 Å². The standard InChI is InChI=1S/C23H23ClN2O4S/c1-30-21-14-13-19(15-20(21)24)26(31(2,28)29)16-22(27)25-23(17-9-5-3-6-10-17)18-11-7-4-8-12-18/h3-15,23H,16H2,1-2H3,(H,25,27). The molecule has 0 aliphatic heterocycles. The number of carbonyl (C=O) groups excluding carboxylic acids is 1. The zero-order chi connectivity index (χ0) is 22.4. The molecular formula is C23H23ClN2O4S. The molecule has 31 heavy (non-hydrogen) atoms. The van der Waals surface area contributed by atoms with Crippen molar-refractivity contribution < 1.29 is 17.9 Å². The molecular weight excluding hydrogens is 436 g/mol. The highest BCUT2D eigenvalue weighted by molar-refractivity contribution is 7.92. The minimum Gasteiger partial charge on any atom is -0.495 e. The van der Waals surface area contributed by atoms with Gasteiger partial charge in [0.05, 0.1) is 30.1 Å². The second-order valence-electron chi connectivity index (χ2n) is 6.91. The normalized spacial score (nSPS) is 11.2. The Morgan fingerprint density at radius 3 is 2.00 bits per heavy atom. The van der Waals surface area contributed by atoms with Crippen molar-refractivity contribution in [2.75, 3.05) is 24.2 Å². The number of anilines is 1. The fourth-order valence-corrected chi connectivity index (χ4v) is 4.30. The summed E-state index contributed by atoms with van der Waals surface area (Å²) in [7, 11) is -2.27. The molecule has 6 nitrogen and oxygen atoms in total. The van der Waals surface area contributed by atoms with Crippen molar-refractivity contribution in [3.8, 4) is 5.75 Å². The molecule has 8 heteroatoms. The Hall–Kier alpha value is -3.03. The van der Waals surface area contributed by atoms with Gasteiger partial charge in [-0.2, -0.15) is 0 Å². The topological polar surface area (TPSA) is 75.7 Å². The van der Waals surface area contributed by atoms with Gasteiger partial charge in [-0.15, -0.1) is 0 Å². The highest BCUT2D eigenvalue weighted by atomic mass is 35.5. The largest absolute Gasteiger partial charge is 0.495 e. The number of nitrogens with zero attached hydrogens (tertiary/aromatic N) is 1. The quantitative estimate of drug-likeness (QED) is 0.553. The summed E-state index contributed by atoms with van der Waals surface area (Å²) in [6.45, 7) is -0.391. The minimum absolute atomic E-state index is 0.250. The van der Waals surface area contributed by atoms with Crippen LogP contribution in [0, 0.1) is 0 Å². The van der Waals surface area contributed by atoms with Crippen molar-refractivity contribution in [2.45, 2.75) is 6.04 Å². The van der Waals surface area contributed by atoms with E-state index in [1.54, 1.807) is 12.1 Å². The van der Waals surface area contributed by atoms with Crippen LogP contribution in [0.4, 0.5) is 5.69 Å². The average Bonchev–Trinajstić information content (AvgIpc) is 2.76. The first-order chi connectivity index (χ1) is 14.8. The van der Waals surface area contributed by atoms with E-state index in [9.17, 15) is 13.2 Å². The molecule has 3 rings (SSSR count). The Kier molecular flexibility index (Phi) is 7.20. The number of hydrogen-bond acceptors (Lipinski definition) is 4. The number of rotatable bonds is 8. The molecule has 0 saturated carbocycles. The molecule has 1 N–H and O–H groups in total. The number of methoxy groups -OCH3 is 1. The lowest BCUT2D eigenvalue weighted by Gasteiger charge is -2.25. The molecule has 0 bridgehead atoms. The van der Waals surface area contributed by atoms with Gasteiger partial charge in [0.25, 0.3) is 0 Å². The Balaban J connectivity index is 1.88. The summed E-state index contributed by atoms with van der Waals surface area (Å²) >= 11 is 6.16. The first-order valence-electron chi connectivity index (χ1n) is 9.50. The van der Waals surface area contributed by atoms with Crippen molar-refractivity contribution >= 4 is 33.2 Å². The molecule has 3 aromatic rings. The second kappa shape index (κ2) is 9.85. The van der Waals surface area contributed by atoms with E-state index in [-0.39, 0.29) is 10.7 Å². The molecule has 0 radical (unpaired) electrons. The van der Waals surface area contributed by atoms with E-state index in [1.165, 1.54) is 13.2 Å². The van der Waals surface area contributed by atoms with E-state index in [4.69, 9.17) is 16.3 Å². The molecule has 0 spiro atoms. The van der Waals surface area contributed by atoms with E-state index < -0.39 is 28.5 Å². The van der Waals surface area contributed by atoms with Crippen molar-refractivity contribution in [2.24, 2.45) is 0 Å². The number of hydrogen-bond donors (Lipinski definition) is 1. The average molecular weight is 459 g/mol. The summed E-state index contributed by atoms with van der Waals surface area (Å²) in [5.41, 5.74) is 2.06. The Labute approximate surface area is 187 Å². The van der Waals surface area contributed by atoms with Gasteiger partial charge < -0.3 is 10.1 Å². The highest BCUT2D eigenvalue weighted by Crippen LogP contribution is 2.30. The Morgan fingerprint density at radius 1 is 1.00 bits per heavy atom. The first-order valence-corrected chi connectivity index (χ1v) is 11.7. The van der Waals surface area contributed by atoms with Crippen molar-refractivity contribution in [1.82, 2.24) is 5.32 Å². The maximum Gasteiger partial charge on any atom is 0.241 e. The van der Waals surface area contributed by atoms with Gasteiger partial charge in [0, 0.05) is 0 Å². The molecule has 0 aliphatic rings. The zero-order valence-corrected chi connectivity index (χ0v) is 18.7. The fraction of sp³-hybridized carbons (Fsp3) is 0.174. The van der Waals surface area contributed by atoms with E-state index in [0.29, 0.717) is 5.75 Å². The predicted molar refractivity (Wildman–Crippen MR) is 123 cm³/mol. The number of halogens is 1. The van der Waals surface area contributed by atoms with Crippen LogP contribution in [-0.4, -0.2) is 34.2 Å². The Bertz CT molecular complexity index is 1100. The molecule has 0 unspecified atom stereocenters. The maximum absolute atomic E-state index is 13.0. The molecule has 0 atom stereocenters. The molecule has 0 aliphatic carbocycles. The van der Waals surface area contributed by atoms with E-state index >= 15 is 0 Å². The predicted octanol–water partition coefficient (Wildman–Crippen LogP) is 4.02. The second-order valence-corrected chi connectivity index (χ2v) is 9.22. The Morgan fingerprint density at radius 2 is 1.55 bits per heavy atom. The van der Waals surface area contributed by atoms with Crippen LogP contribution < -0.4 is 14.4 Å². The van der Waals surface area contributed by atoms with Gasteiger partial charge in [0.1, 0.15) is 12.3 Å². The fourth-order valence-electron chi connectivity index (χ4n) is 3.20. The first kappa shape index (κ1) is 22.7. The van der Waals surface area contributed by atoms with Crippen LogP contribution in [0.5, 0.6) is 5.75 Å². The number of nitrogens with one attached hydrogen (secondary N) is 1. The third kappa shape index (κ3) is 5.77. The summed E-state index contributed by atoms with van der Waals surface area (Å²) in [5.74, 6) is -0.0355. The summed E-state index contributed by atoms with van der Waals surface area (Å²) in [4.78, 5) is 13.0. The van der Waals surface area contributed by atoms with Crippen LogP contribution in [0.2, 0.25) is 5.02 Å². The number of benzene rings is 3. The maximum atomic E-state index is 13.0. The number of ether oxygens (including phenoxy) is 1. The van der Waals surface area contributed by atoms with E-state index in [2.05, 4.69) is 5.32 Å². The summed E-state index contributed by atoms with van der Waals surface area (Å²) in [5, 5.41) is 3.21. The summed E-state index contributed by atoms with van der Waals surface area (Å²) in [6, 6.07) is 23.1. The van der Waals surface area contributed by atoms with Crippen LogP contribution >= 0.6 is 11.6 Å². The smallest absolute Gasteiger partial charge is 0.241 e. The highest BCUT2D eigenvalue weighted by Gasteiger charge is 2.24. The lowest BCUT2D eigenvalue weighted by molar-refractivity contribution is -0.120. The van der Waals surface area contributed by atoms with Gasteiger partial charge in [-0.3, -0.25) is 9.10 Å². The number of sulfonamides is 1. The van der Waals surface area contributed by atoms with Gasteiger partial charge in [-0.1, -0.05) is 72.3 Å².